The second-order valence-corrected chi connectivity index (χ2v) is 7.17. The molecular formula is C23H18F6N2O. The number of carbonyl (C=O) groups is 1. The number of benzene rings is 2. The molecule has 0 radical (unpaired) electrons. The van der Waals surface area contributed by atoms with Crippen molar-refractivity contribution in [3.05, 3.63) is 88.2 Å². The molecule has 0 aliphatic carbocycles. The zero-order chi connectivity index (χ0) is 23.7. The van der Waals surface area contributed by atoms with E-state index in [0.717, 1.165) is 5.56 Å². The molecule has 168 valence electrons. The maximum absolute atomic E-state index is 13.2. The molecule has 0 bridgehead atoms. The zero-order valence-electron chi connectivity index (χ0n) is 17.0. The van der Waals surface area contributed by atoms with E-state index in [2.05, 4.69) is 10.3 Å². The summed E-state index contributed by atoms with van der Waals surface area (Å²) < 4.78 is 79.3. The first kappa shape index (κ1) is 23.3. The van der Waals surface area contributed by atoms with Crippen LogP contribution in [0.3, 0.4) is 0 Å². The van der Waals surface area contributed by atoms with Crippen LogP contribution in [0.15, 0.2) is 54.7 Å². The number of aryl methyl sites for hydroxylation is 1. The minimum atomic E-state index is -4.96. The van der Waals surface area contributed by atoms with E-state index in [1.165, 1.54) is 13.2 Å². The molecule has 0 saturated heterocycles. The molecular weight excluding hydrogens is 434 g/mol. The van der Waals surface area contributed by atoms with E-state index in [1.807, 2.05) is 19.1 Å². The van der Waals surface area contributed by atoms with E-state index in [1.54, 1.807) is 18.2 Å². The monoisotopic (exact) mass is 452 g/mol. The molecule has 1 aromatic heterocycles. The van der Waals surface area contributed by atoms with Crippen LogP contribution in [-0.2, 0) is 18.8 Å². The molecule has 0 atom stereocenters. The largest absolute Gasteiger partial charge is 0.416 e. The Bertz CT molecular complexity index is 1120. The lowest BCUT2D eigenvalue weighted by Crippen LogP contribution is -2.22. The van der Waals surface area contributed by atoms with Crippen LogP contribution >= 0.6 is 0 Å². The fourth-order valence-corrected chi connectivity index (χ4v) is 3.43. The first-order valence-corrected chi connectivity index (χ1v) is 9.46. The predicted molar refractivity (Wildman–Crippen MR) is 107 cm³/mol. The second kappa shape index (κ2) is 8.64. The summed E-state index contributed by atoms with van der Waals surface area (Å²) in [5.41, 5.74) is -0.907. The van der Waals surface area contributed by atoms with Crippen molar-refractivity contribution in [1.82, 2.24) is 10.3 Å². The maximum Gasteiger partial charge on any atom is 0.416 e. The quantitative estimate of drug-likeness (QED) is 0.490. The summed E-state index contributed by atoms with van der Waals surface area (Å²) in [5, 5.41) is 2.47. The Hall–Kier alpha value is -3.36. The van der Waals surface area contributed by atoms with Crippen molar-refractivity contribution in [3.63, 3.8) is 0 Å². The van der Waals surface area contributed by atoms with E-state index in [4.69, 9.17) is 0 Å². The number of nitrogens with zero attached hydrogens (tertiary/aromatic N) is 1. The van der Waals surface area contributed by atoms with Crippen LogP contribution in [0.5, 0.6) is 0 Å². The fraction of sp³-hybridized carbons (Fsp3) is 0.217. The molecule has 1 amide bonds. The summed E-state index contributed by atoms with van der Waals surface area (Å²) in [6, 6.07) is 10.1. The Morgan fingerprint density at radius 1 is 0.906 bits per heavy atom. The van der Waals surface area contributed by atoms with E-state index in [-0.39, 0.29) is 22.9 Å². The molecule has 9 heteroatoms. The van der Waals surface area contributed by atoms with Crippen molar-refractivity contribution >= 4 is 5.91 Å². The van der Waals surface area contributed by atoms with Crippen LogP contribution in [-0.4, -0.2) is 17.9 Å². The Morgan fingerprint density at radius 3 is 2.03 bits per heavy atom. The SMILES string of the molecule is CNC(=O)c1c(-c2ccccc2C)ccnc1Cc1cc(C(F)(F)F)cc(C(F)(F)F)c1. The van der Waals surface area contributed by atoms with Crippen molar-refractivity contribution < 1.29 is 31.1 Å². The number of hydrogen-bond donors (Lipinski definition) is 1. The standard InChI is InChI=1S/C23H18F6N2O/c1-13-5-3-4-6-17(13)18-7-8-31-19(20(18)21(32)30-2)11-14-9-15(22(24,25)26)12-16(10-14)23(27,28)29/h3-10,12H,11H2,1-2H3,(H,30,32). The van der Waals surface area contributed by atoms with Crippen molar-refractivity contribution in [3.8, 4) is 11.1 Å². The minimum Gasteiger partial charge on any atom is -0.355 e. The number of carbonyl (C=O) groups excluding carboxylic acids is 1. The minimum absolute atomic E-state index is 0.0672. The molecule has 1 heterocycles. The number of rotatable bonds is 4. The number of alkyl halides is 6. The Morgan fingerprint density at radius 2 is 1.50 bits per heavy atom. The first-order valence-electron chi connectivity index (χ1n) is 9.46. The van der Waals surface area contributed by atoms with Crippen LogP contribution in [0.1, 0.15) is 38.3 Å². The molecule has 0 aliphatic rings. The molecule has 2 aromatic carbocycles. The van der Waals surface area contributed by atoms with Gasteiger partial charge in [0.2, 0.25) is 0 Å². The van der Waals surface area contributed by atoms with Crippen LogP contribution < -0.4 is 5.32 Å². The fourth-order valence-electron chi connectivity index (χ4n) is 3.43. The highest BCUT2D eigenvalue weighted by Crippen LogP contribution is 2.37. The van der Waals surface area contributed by atoms with Gasteiger partial charge in [0, 0.05) is 19.7 Å². The Kier molecular flexibility index (Phi) is 6.29. The highest BCUT2D eigenvalue weighted by atomic mass is 19.4. The average molecular weight is 452 g/mol. The number of pyridine rings is 1. The van der Waals surface area contributed by atoms with Gasteiger partial charge in [-0.2, -0.15) is 26.3 Å². The summed E-state index contributed by atoms with van der Waals surface area (Å²) >= 11 is 0. The van der Waals surface area contributed by atoms with Gasteiger partial charge in [-0.1, -0.05) is 24.3 Å². The Balaban J connectivity index is 2.19. The van der Waals surface area contributed by atoms with Crippen molar-refractivity contribution in [2.45, 2.75) is 25.7 Å². The summed E-state index contributed by atoms with van der Waals surface area (Å²) in [6.45, 7) is 1.82. The third-order valence-electron chi connectivity index (χ3n) is 4.94. The van der Waals surface area contributed by atoms with Crippen molar-refractivity contribution in [2.24, 2.45) is 0 Å². The molecule has 0 spiro atoms. The zero-order valence-corrected chi connectivity index (χ0v) is 17.0. The van der Waals surface area contributed by atoms with Gasteiger partial charge in [0.1, 0.15) is 0 Å². The van der Waals surface area contributed by atoms with Crippen LogP contribution in [0.25, 0.3) is 11.1 Å². The summed E-state index contributed by atoms with van der Waals surface area (Å²) in [7, 11) is 1.38. The number of amides is 1. The summed E-state index contributed by atoms with van der Waals surface area (Å²) in [6.07, 6.45) is -8.94. The lowest BCUT2D eigenvalue weighted by Gasteiger charge is -2.17. The lowest BCUT2D eigenvalue weighted by atomic mass is 9.92. The van der Waals surface area contributed by atoms with E-state index < -0.39 is 35.8 Å². The van der Waals surface area contributed by atoms with Gasteiger partial charge in [-0.25, -0.2) is 0 Å². The maximum atomic E-state index is 13.2. The van der Waals surface area contributed by atoms with Crippen LogP contribution in [0.2, 0.25) is 0 Å². The third kappa shape index (κ3) is 4.92. The molecule has 32 heavy (non-hydrogen) atoms. The predicted octanol–water partition coefficient (Wildman–Crippen LogP) is 6.05. The summed E-state index contributed by atoms with van der Waals surface area (Å²) in [5.74, 6) is -0.547. The van der Waals surface area contributed by atoms with Gasteiger partial charge in [0.25, 0.3) is 5.91 Å². The molecule has 3 aromatic rings. The van der Waals surface area contributed by atoms with Crippen LogP contribution in [0.4, 0.5) is 26.3 Å². The van der Waals surface area contributed by atoms with E-state index >= 15 is 0 Å². The molecule has 3 rings (SSSR count). The van der Waals surface area contributed by atoms with Gasteiger partial charge in [0.05, 0.1) is 22.4 Å². The van der Waals surface area contributed by atoms with Crippen LogP contribution in [0, 0.1) is 6.92 Å². The molecule has 0 fully saturated rings. The Labute approximate surface area is 180 Å². The van der Waals surface area contributed by atoms with Gasteiger partial charge < -0.3 is 5.32 Å². The smallest absolute Gasteiger partial charge is 0.355 e. The summed E-state index contributed by atoms with van der Waals surface area (Å²) in [4.78, 5) is 16.8. The van der Waals surface area contributed by atoms with Crippen molar-refractivity contribution in [1.29, 1.82) is 0 Å². The lowest BCUT2D eigenvalue weighted by molar-refractivity contribution is -0.143. The average Bonchev–Trinajstić information content (AvgIpc) is 2.72. The van der Waals surface area contributed by atoms with Gasteiger partial charge in [-0.3, -0.25) is 9.78 Å². The third-order valence-corrected chi connectivity index (χ3v) is 4.94. The number of nitrogens with one attached hydrogen (secondary N) is 1. The topological polar surface area (TPSA) is 42.0 Å². The highest BCUT2D eigenvalue weighted by molar-refractivity contribution is 6.02. The first-order chi connectivity index (χ1) is 14.9. The number of hydrogen-bond acceptors (Lipinski definition) is 2. The van der Waals surface area contributed by atoms with Gasteiger partial charge in [-0.05, 0) is 53.4 Å². The normalized spacial score (nSPS) is 12.0. The van der Waals surface area contributed by atoms with Crippen molar-refractivity contribution in [2.75, 3.05) is 7.05 Å². The van der Waals surface area contributed by atoms with E-state index in [9.17, 15) is 31.1 Å². The van der Waals surface area contributed by atoms with Gasteiger partial charge in [-0.15, -0.1) is 0 Å². The molecule has 3 nitrogen and oxygen atoms in total. The highest BCUT2D eigenvalue weighted by Gasteiger charge is 2.37. The molecule has 1 N–H and O–H groups in total. The van der Waals surface area contributed by atoms with Gasteiger partial charge in [0.15, 0.2) is 0 Å². The second-order valence-electron chi connectivity index (χ2n) is 7.17. The van der Waals surface area contributed by atoms with Gasteiger partial charge >= 0.3 is 12.4 Å². The van der Waals surface area contributed by atoms with E-state index in [0.29, 0.717) is 23.3 Å². The molecule has 0 aliphatic heterocycles. The molecule has 0 saturated carbocycles. The number of aromatic nitrogens is 1. The molecule has 0 unspecified atom stereocenters. The number of halogens is 6.